The summed E-state index contributed by atoms with van der Waals surface area (Å²) in [6.45, 7) is 0. The molecule has 0 N–H and O–H groups in total. The van der Waals surface area contributed by atoms with Crippen LogP contribution in [0.2, 0.25) is 0 Å². The molecule has 2 heterocycles. The van der Waals surface area contributed by atoms with Gasteiger partial charge in [-0.3, -0.25) is 0 Å². The van der Waals surface area contributed by atoms with Crippen molar-refractivity contribution in [3.8, 4) is 21.6 Å². The Labute approximate surface area is 246 Å². The van der Waals surface area contributed by atoms with Crippen molar-refractivity contribution in [3.63, 3.8) is 0 Å². The van der Waals surface area contributed by atoms with Gasteiger partial charge in [0.25, 0.3) is 0 Å². The van der Waals surface area contributed by atoms with Crippen LogP contribution in [0.3, 0.4) is 0 Å². The minimum atomic E-state index is 0.801. The van der Waals surface area contributed by atoms with E-state index in [1.807, 2.05) is 36.4 Å². The first kappa shape index (κ1) is 26.2. The molecule has 0 amide bonds. The zero-order valence-corrected chi connectivity index (χ0v) is 23.4. The van der Waals surface area contributed by atoms with Crippen LogP contribution >= 0.6 is 11.3 Å². The first-order valence-corrected chi connectivity index (χ1v) is 14.5. The summed E-state index contributed by atoms with van der Waals surface area (Å²) in [6, 6.07) is 46.3. The third kappa shape index (κ3) is 6.75. The fourth-order valence-electron chi connectivity index (χ4n) is 4.66. The summed E-state index contributed by atoms with van der Waals surface area (Å²) < 4.78 is 6.29. The Morgan fingerprint density at radius 1 is 0.488 bits per heavy atom. The molecule has 0 aliphatic carbocycles. The van der Waals surface area contributed by atoms with Gasteiger partial charge in [0.2, 0.25) is 21.1 Å². The predicted octanol–water partition coefficient (Wildman–Crippen LogP) is 11.0. The van der Waals surface area contributed by atoms with E-state index in [1.165, 1.54) is 26.4 Å². The van der Waals surface area contributed by atoms with Crippen LogP contribution in [0.15, 0.2) is 176 Å². The molecule has 196 valence electrons. The second kappa shape index (κ2) is 12.9. The molecule has 1 aromatic heterocycles. The fourth-order valence-corrected chi connectivity index (χ4v) is 5.68. The van der Waals surface area contributed by atoms with E-state index in [0.717, 1.165) is 28.2 Å². The summed E-state index contributed by atoms with van der Waals surface area (Å²) in [4.78, 5) is 2.43. The second-order valence-corrected chi connectivity index (χ2v) is 10.7. The van der Waals surface area contributed by atoms with E-state index in [1.54, 1.807) is 11.3 Å². The first-order chi connectivity index (χ1) is 20.3. The van der Waals surface area contributed by atoms with Crippen LogP contribution in [0.25, 0.3) is 39.0 Å². The van der Waals surface area contributed by atoms with Gasteiger partial charge in [-0.15, -0.1) is 0 Å². The minimum Gasteiger partial charge on any atom is -0.457 e. The highest BCUT2D eigenvalue weighted by molar-refractivity contribution is 7.16. The molecule has 0 unspecified atom stereocenters. The van der Waals surface area contributed by atoms with Gasteiger partial charge in [0.05, 0.1) is 0 Å². The largest absolute Gasteiger partial charge is 0.457 e. The van der Waals surface area contributed by atoms with E-state index < -0.39 is 0 Å². The molecule has 5 aromatic rings. The maximum Gasteiger partial charge on any atom is 0.239 e. The van der Waals surface area contributed by atoms with Crippen molar-refractivity contribution in [2.45, 2.75) is 0 Å². The van der Waals surface area contributed by atoms with E-state index in [9.17, 15) is 0 Å². The Bertz CT molecular complexity index is 1700. The molecule has 6 rings (SSSR count). The molecule has 1 aliphatic rings. The summed E-state index contributed by atoms with van der Waals surface area (Å²) in [5, 5.41) is 0. The van der Waals surface area contributed by atoms with Crippen molar-refractivity contribution >= 4 is 28.7 Å². The summed E-state index contributed by atoms with van der Waals surface area (Å²) in [5.41, 5.74) is 6.99. The van der Waals surface area contributed by atoms with Crippen molar-refractivity contribution in [3.05, 3.63) is 192 Å². The number of hydrogen-bond donors (Lipinski definition) is 0. The van der Waals surface area contributed by atoms with Crippen LogP contribution in [-0.2, 0) is 4.74 Å². The number of benzene rings is 4. The van der Waals surface area contributed by atoms with Gasteiger partial charge in [-0.05, 0) is 52.6 Å². The molecular formula is C39H29OS+. The average Bonchev–Trinajstić information content (AvgIpc) is 3.06. The Balaban J connectivity index is 1.26. The van der Waals surface area contributed by atoms with Crippen molar-refractivity contribution < 1.29 is 4.74 Å². The molecule has 2 heteroatoms. The highest BCUT2D eigenvalue weighted by Gasteiger charge is 2.16. The molecule has 0 fully saturated rings. The monoisotopic (exact) mass is 545 g/mol. The van der Waals surface area contributed by atoms with Gasteiger partial charge < -0.3 is 4.74 Å². The maximum absolute atomic E-state index is 6.29. The molecule has 0 spiro atoms. The number of ether oxygens (including phenoxy) is 1. The lowest BCUT2D eigenvalue weighted by atomic mass is 10.0. The van der Waals surface area contributed by atoms with Gasteiger partial charge in [0, 0.05) is 29.3 Å². The lowest BCUT2D eigenvalue weighted by molar-refractivity contribution is 0.398. The third-order valence-corrected chi connectivity index (χ3v) is 7.76. The van der Waals surface area contributed by atoms with Gasteiger partial charge in [0.1, 0.15) is 11.5 Å². The smallest absolute Gasteiger partial charge is 0.239 e. The van der Waals surface area contributed by atoms with Crippen molar-refractivity contribution in [2.24, 2.45) is 0 Å². The molecule has 41 heavy (non-hydrogen) atoms. The third-order valence-electron chi connectivity index (χ3n) is 6.70. The summed E-state index contributed by atoms with van der Waals surface area (Å²) in [6.07, 6.45) is 14.6. The summed E-state index contributed by atoms with van der Waals surface area (Å²) >= 11 is 1.79. The normalized spacial score (nSPS) is 14.2. The van der Waals surface area contributed by atoms with Gasteiger partial charge in [-0.1, -0.05) is 127 Å². The molecule has 4 aromatic carbocycles. The van der Waals surface area contributed by atoms with Crippen molar-refractivity contribution in [1.82, 2.24) is 0 Å². The SMILES string of the molecule is C1=C(c2ccccc2)C=C(c2ccccc2)O\C1=C/C=C/C=C/c1cc(-c2ccccc2)cc(-c2ccccc2)[s+]1. The summed E-state index contributed by atoms with van der Waals surface area (Å²) in [5.74, 6) is 1.64. The van der Waals surface area contributed by atoms with E-state index >= 15 is 0 Å². The fraction of sp³-hybridized carbons (Fsp3) is 0. The molecule has 0 saturated heterocycles. The molecule has 0 bridgehead atoms. The van der Waals surface area contributed by atoms with Crippen molar-refractivity contribution in [2.75, 3.05) is 0 Å². The molecule has 0 atom stereocenters. The number of allylic oxidation sites excluding steroid dienone is 7. The molecule has 1 nitrogen and oxygen atoms in total. The Morgan fingerprint density at radius 2 is 1.07 bits per heavy atom. The Hall–Kier alpha value is -5.05. The van der Waals surface area contributed by atoms with Crippen molar-refractivity contribution in [1.29, 1.82) is 0 Å². The van der Waals surface area contributed by atoms with Gasteiger partial charge in [0.15, 0.2) is 0 Å². The van der Waals surface area contributed by atoms with Crippen LogP contribution in [0, 0.1) is 0 Å². The van der Waals surface area contributed by atoms with E-state index in [0.29, 0.717) is 0 Å². The standard InChI is InChI=1S/C39H29OS/c1-6-16-30(17-7-1)34-26-36(40-38(28-34)32-20-10-3-11-21-32)24-14-5-15-25-37-27-35(31-18-8-2-9-19-31)29-39(41-37)33-22-12-4-13-23-33/h1-29H/q+1/b14-5+,25-15+,36-24-. The number of hydrogen-bond acceptors (Lipinski definition) is 1. The number of rotatable bonds is 7. The van der Waals surface area contributed by atoms with Gasteiger partial charge >= 0.3 is 0 Å². The molecule has 0 saturated carbocycles. The zero-order valence-electron chi connectivity index (χ0n) is 22.6. The van der Waals surface area contributed by atoms with Crippen LogP contribution in [0.4, 0.5) is 0 Å². The van der Waals surface area contributed by atoms with E-state index in [4.69, 9.17) is 4.74 Å². The lowest BCUT2D eigenvalue weighted by Gasteiger charge is -2.18. The Kier molecular flexibility index (Phi) is 8.22. The zero-order chi connectivity index (χ0) is 27.7. The summed E-state index contributed by atoms with van der Waals surface area (Å²) in [7, 11) is 0. The van der Waals surface area contributed by atoms with Crippen LogP contribution in [0.5, 0.6) is 0 Å². The predicted molar refractivity (Wildman–Crippen MR) is 176 cm³/mol. The molecule has 1 aliphatic heterocycles. The highest BCUT2D eigenvalue weighted by atomic mass is 32.1. The highest BCUT2D eigenvalue weighted by Crippen LogP contribution is 2.34. The molecular weight excluding hydrogens is 516 g/mol. The van der Waals surface area contributed by atoms with E-state index in [2.05, 4.69) is 140 Å². The molecule has 0 radical (unpaired) electrons. The van der Waals surface area contributed by atoms with Gasteiger partial charge in [-0.2, -0.15) is 0 Å². The van der Waals surface area contributed by atoms with Gasteiger partial charge in [-0.25, -0.2) is 0 Å². The van der Waals surface area contributed by atoms with Crippen LogP contribution < -0.4 is 0 Å². The Morgan fingerprint density at radius 3 is 1.73 bits per heavy atom. The average molecular weight is 546 g/mol. The van der Waals surface area contributed by atoms with Crippen LogP contribution in [0.1, 0.15) is 16.0 Å². The second-order valence-electron chi connectivity index (χ2n) is 9.60. The lowest BCUT2D eigenvalue weighted by Crippen LogP contribution is -1.98. The minimum absolute atomic E-state index is 0.801. The topological polar surface area (TPSA) is 9.23 Å². The van der Waals surface area contributed by atoms with Crippen LogP contribution in [-0.4, -0.2) is 0 Å². The van der Waals surface area contributed by atoms with E-state index in [-0.39, 0.29) is 0 Å². The maximum atomic E-state index is 6.29. The quantitative estimate of drug-likeness (QED) is 0.146. The first-order valence-electron chi connectivity index (χ1n) is 13.7.